The lowest BCUT2D eigenvalue weighted by Gasteiger charge is -2.27. The number of amides is 1. The fourth-order valence-corrected chi connectivity index (χ4v) is 5.55. The average Bonchev–Trinajstić information content (AvgIpc) is 3.23. The normalized spacial score (nSPS) is 29.1. The molecule has 3 aliphatic rings. The summed E-state index contributed by atoms with van der Waals surface area (Å²) in [5, 5.41) is 0. The van der Waals surface area contributed by atoms with E-state index in [1.165, 1.54) is 0 Å². The third-order valence-corrected chi connectivity index (χ3v) is 7.44. The Morgan fingerprint density at radius 1 is 1.18 bits per heavy atom. The van der Waals surface area contributed by atoms with Crippen molar-refractivity contribution in [2.24, 2.45) is 11.8 Å². The maximum atomic E-state index is 13.5. The number of halogens is 3. The van der Waals surface area contributed by atoms with E-state index in [2.05, 4.69) is 9.97 Å². The van der Waals surface area contributed by atoms with Crippen LogP contribution in [0.15, 0.2) is 6.20 Å². The molecule has 11 heteroatoms. The lowest BCUT2D eigenvalue weighted by atomic mass is 9.98. The van der Waals surface area contributed by atoms with E-state index in [0.29, 0.717) is 11.8 Å². The molecule has 2 saturated carbocycles. The summed E-state index contributed by atoms with van der Waals surface area (Å²) in [6, 6.07) is -0.373. The highest BCUT2D eigenvalue weighted by molar-refractivity contribution is 7.91. The van der Waals surface area contributed by atoms with Crippen molar-refractivity contribution in [2.75, 3.05) is 24.6 Å². The Labute approximate surface area is 160 Å². The standard InChI is InChI=1S/C17H20F3N3O4S/c18-17(19,20)14-12(15(24)23-3-5-28(25,26)6-4-23)9-21-16(22-14)27-13-8-10-1-2-11(13)7-10/h9-11,13H,1-8H2/t10-,11+,13+/m0/s1. The highest BCUT2D eigenvalue weighted by Crippen LogP contribution is 2.45. The number of alkyl halides is 3. The first kappa shape index (κ1) is 19.4. The summed E-state index contributed by atoms with van der Waals surface area (Å²) in [5.41, 5.74) is -2.04. The van der Waals surface area contributed by atoms with Gasteiger partial charge in [0.15, 0.2) is 15.5 Å². The van der Waals surface area contributed by atoms with Crippen LogP contribution in [0.5, 0.6) is 6.01 Å². The molecular formula is C17H20F3N3O4S. The first-order valence-corrected chi connectivity index (χ1v) is 11.0. The predicted octanol–water partition coefficient (Wildman–Crippen LogP) is 1.93. The number of sulfone groups is 1. The number of hydrogen-bond acceptors (Lipinski definition) is 6. The van der Waals surface area contributed by atoms with Gasteiger partial charge in [-0.05, 0) is 37.5 Å². The maximum Gasteiger partial charge on any atom is 0.434 e. The van der Waals surface area contributed by atoms with Gasteiger partial charge in [0, 0.05) is 19.3 Å². The lowest BCUT2D eigenvalue weighted by molar-refractivity contribution is -0.142. The second-order valence-electron chi connectivity index (χ2n) is 7.69. The molecule has 1 amide bonds. The second-order valence-corrected chi connectivity index (χ2v) is 9.99. The molecule has 1 aliphatic heterocycles. The third-order valence-electron chi connectivity index (χ3n) is 5.83. The number of carbonyl (C=O) groups is 1. The quantitative estimate of drug-likeness (QED) is 0.744. The molecule has 154 valence electrons. The van der Waals surface area contributed by atoms with Gasteiger partial charge >= 0.3 is 12.2 Å². The first-order valence-electron chi connectivity index (χ1n) is 9.23. The van der Waals surface area contributed by atoms with Crippen LogP contribution in [0.1, 0.15) is 41.7 Å². The number of aromatic nitrogens is 2. The lowest BCUT2D eigenvalue weighted by Crippen LogP contribution is -2.44. The molecule has 1 saturated heterocycles. The van der Waals surface area contributed by atoms with Crippen LogP contribution in [-0.4, -0.2) is 59.9 Å². The van der Waals surface area contributed by atoms with Crippen LogP contribution in [0.2, 0.25) is 0 Å². The minimum Gasteiger partial charge on any atom is -0.460 e. The van der Waals surface area contributed by atoms with Crippen molar-refractivity contribution >= 4 is 15.7 Å². The van der Waals surface area contributed by atoms with Crippen LogP contribution in [0.4, 0.5) is 13.2 Å². The number of hydrogen-bond donors (Lipinski definition) is 0. The molecule has 2 aliphatic carbocycles. The number of nitrogens with zero attached hydrogens (tertiary/aromatic N) is 3. The zero-order chi connectivity index (χ0) is 20.1. The van der Waals surface area contributed by atoms with Crippen molar-refractivity contribution in [3.8, 4) is 6.01 Å². The van der Waals surface area contributed by atoms with E-state index in [9.17, 15) is 26.4 Å². The Morgan fingerprint density at radius 2 is 1.89 bits per heavy atom. The van der Waals surface area contributed by atoms with E-state index in [1.807, 2.05) is 0 Å². The molecular weight excluding hydrogens is 399 g/mol. The molecule has 3 atom stereocenters. The fraction of sp³-hybridized carbons (Fsp3) is 0.706. The van der Waals surface area contributed by atoms with Gasteiger partial charge in [0.1, 0.15) is 6.10 Å². The summed E-state index contributed by atoms with van der Waals surface area (Å²) < 4.78 is 69.2. The SMILES string of the molecule is O=C(c1cnc(O[C@@H]2C[C@H]3CC[C@@H]2C3)nc1C(F)(F)F)N1CCS(=O)(=O)CC1. The van der Waals surface area contributed by atoms with Gasteiger partial charge in [-0.1, -0.05) is 0 Å². The van der Waals surface area contributed by atoms with Crippen LogP contribution in [0, 0.1) is 11.8 Å². The molecule has 1 aromatic rings. The monoisotopic (exact) mass is 419 g/mol. The molecule has 2 bridgehead atoms. The summed E-state index contributed by atoms with van der Waals surface area (Å²) in [7, 11) is -3.26. The van der Waals surface area contributed by atoms with Crippen LogP contribution < -0.4 is 4.74 Å². The van der Waals surface area contributed by atoms with Crippen LogP contribution in [0.25, 0.3) is 0 Å². The molecule has 0 spiro atoms. The number of ether oxygens (including phenoxy) is 1. The second kappa shape index (κ2) is 6.85. The van der Waals surface area contributed by atoms with Crippen LogP contribution in [-0.2, 0) is 16.0 Å². The van der Waals surface area contributed by atoms with Gasteiger partial charge in [-0.3, -0.25) is 4.79 Å². The van der Waals surface area contributed by atoms with Gasteiger partial charge in [-0.25, -0.2) is 13.4 Å². The Morgan fingerprint density at radius 3 is 2.46 bits per heavy atom. The molecule has 3 fully saturated rings. The third kappa shape index (κ3) is 3.81. The fourth-order valence-electron chi connectivity index (χ4n) is 4.35. The molecule has 0 aromatic carbocycles. The summed E-state index contributed by atoms with van der Waals surface area (Å²) >= 11 is 0. The van der Waals surface area contributed by atoms with Gasteiger partial charge < -0.3 is 9.64 Å². The van der Waals surface area contributed by atoms with E-state index >= 15 is 0 Å². The van der Waals surface area contributed by atoms with E-state index in [1.54, 1.807) is 0 Å². The van der Waals surface area contributed by atoms with E-state index in [0.717, 1.165) is 36.8 Å². The largest absolute Gasteiger partial charge is 0.460 e. The molecule has 2 heterocycles. The van der Waals surface area contributed by atoms with Gasteiger partial charge in [0.2, 0.25) is 0 Å². The Hall–Kier alpha value is -1.91. The van der Waals surface area contributed by atoms with Crippen molar-refractivity contribution in [3.63, 3.8) is 0 Å². The molecule has 0 N–H and O–H groups in total. The summed E-state index contributed by atoms with van der Waals surface area (Å²) in [5.74, 6) is -0.597. The van der Waals surface area contributed by atoms with Crippen molar-refractivity contribution < 1.29 is 31.1 Å². The van der Waals surface area contributed by atoms with Crippen molar-refractivity contribution in [3.05, 3.63) is 17.5 Å². The Balaban J connectivity index is 1.56. The topological polar surface area (TPSA) is 89.5 Å². The maximum absolute atomic E-state index is 13.5. The molecule has 0 radical (unpaired) electrons. The number of rotatable bonds is 3. The molecule has 7 nitrogen and oxygen atoms in total. The molecule has 1 aromatic heterocycles. The first-order chi connectivity index (χ1) is 13.1. The van der Waals surface area contributed by atoms with Gasteiger partial charge in [0.05, 0.1) is 17.1 Å². The summed E-state index contributed by atoms with van der Waals surface area (Å²) in [4.78, 5) is 21.0. The molecule has 0 unspecified atom stereocenters. The highest BCUT2D eigenvalue weighted by atomic mass is 32.2. The number of carbonyl (C=O) groups excluding carboxylic acids is 1. The Kier molecular flexibility index (Phi) is 4.75. The molecule has 28 heavy (non-hydrogen) atoms. The summed E-state index contributed by atoms with van der Waals surface area (Å²) in [6.45, 7) is -0.302. The minimum atomic E-state index is -4.86. The highest BCUT2D eigenvalue weighted by Gasteiger charge is 2.43. The predicted molar refractivity (Wildman–Crippen MR) is 91.5 cm³/mol. The Bertz CT molecular complexity index is 876. The van der Waals surface area contributed by atoms with Crippen molar-refractivity contribution in [2.45, 2.75) is 38.0 Å². The van der Waals surface area contributed by atoms with Gasteiger partial charge in [-0.2, -0.15) is 18.2 Å². The summed E-state index contributed by atoms with van der Waals surface area (Å²) in [6.07, 6.45) is -0.280. The van der Waals surface area contributed by atoms with Crippen molar-refractivity contribution in [1.29, 1.82) is 0 Å². The number of fused-ring (bicyclic) bond motifs is 2. The van der Waals surface area contributed by atoms with Crippen molar-refractivity contribution in [1.82, 2.24) is 14.9 Å². The van der Waals surface area contributed by atoms with Gasteiger partial charge in [-0.15, -0.1) is 0 Å². The van der Waals surface area contributed by atoms with Crippen LogP contribution >= 0.6 is 0 Å². The molecule has 4 rings (SSSR count). The zero-order valence-corrected chi connectivity index (χ0v) is 15.8. The van der Waals surface area contributed by atoms with E-state index < -0.39 is 33.2 Å². The average molecular weight is 419 g/mol. The van der Waals surface area contributed by atoms with E-state index in [-0.39, 0.29) is 36.7 Å². The van der Waals surface area contributed by atoms with E-state index in [4.69, 9.17) is 4.74 Å². The smallest absolute Gasteiger partial charge is 0.434 e. The minimum absolute atomic E-state index is 0.151. The zero-order valence-electron chi connectivity index (χ0n) is 15.0. The van der Waals surface area contributed by atoms with Gasteiger partial charge in [0.25, 0.3) is 5.91 Å². The van der Waals surface area contributed by atoms with Crippen LogP contribution in [0.3, 0.4) is 0 Å².